The maximum atomic E-state index is 11.9. The number of benzene rings is 1. The van der Waals surface area contributed by atoms with Gasteiger partial charge in [0.25, 0.3) is 5.91 Å². The number of nitrogens with one attached hydrogen (secondary N) is 1. The SMILES string of the molecule is COCc1cc(C)nc(OCC(=O)N/N=C\c2ccc(O)cc2O)c1C#N. The highest BCUT2D eigenvalue weighted by Crippen LogP contribution is 2.22. The van der Waals surface area contributed by atoms with Crippen LogP contribution in [-0.4, -0.2) is 41.0 Å². The van der Waals surface area contributed by atoms with Crippen molar-refractivity contribution in [3.63, 3.8) is 0 Å². The van der Waals surface area contributed by atoms with Crippen LogP contribution in [0.4, 0.5) is 0 Å². The molecule has 27 heavy (non-hydrogen) atoms. The lowest BCUT2D eigenvalue weighted by atomic mass is 10.1. The number of phenols is 2. The van der Waals surface area contributed by atoms with Crippen molar-refractivity contribution in [2.75, 3.05) is 13.7 Å². The monoisotopic (exact) mass is 370 g/mol. The molecule has 9 nitrogen and oxygen atoms in total. The average molecular weight is 370 g/mol. The second-order valence-corrected chi connectivity index (χ2v) is 5.47. The predicted molar refractivity (Wildman–Crippen MR) is 95.4 cm³/mol. The van der Waals surface area contributed by atoms with E-state index in [2.05, 4.69) is 15.5 Å². The summed E-state index contributed by atoms with van der Waals surface area (Å²) in [5.74, 6) is -0.809. The third-order valence-electron chi connectivity index (χ3n) is 3.35. The lowest BCUT2D eigenvalue weighted by Crippen LogP contribution is -2.25. The van der Waals surface area contributed by atoms with Crippen molar-refractivity contribution >= 4 is 12.1 Å². The van der Waals surface area contributed by atoms with Crippen molar-refractivity contribution in [3.8, 4) is 23.4 Å². The molecular weight excluding hydrogens is 352 g/mol. The summed E-state index contributed by atoms with van der Waals surface area (Å²) in [5.41, 5.74) is 3.98. The van der Waals surface area contributed by atoms with Gasteiger partial charge in [-0.05, 0) is 25.1 Å². The zero-order chi connectivity index (χ0) is 19.8. The van der Waals surface area contributed by atoms with Crippen molar-refractivity contribution in [1.29, 1.82) is 5.26 Å². The molecular formula is C18H18N4O5. The van der Waals surface area contributed by atoms with Gasteiger partial charge in [0.05, 0.1) is 12.8 Å². The molecule has 0 aliphatic rings. The molecule has 1 amide bonds. The highest BCUT2D eigenvalue weighted by molar-refractivity contribution is 5.85. The maximum absolute atomic E-state index is 11.9. The number of aryl methyl sites for hydroxylation is 1. The van der Waals surface area contributed by atoms with E-state index in [1.807, 2.05) is 6.07 Å². The number of nitriles is 1. The first-order chi connectivity index (χ1) is 12.9. The van der Waals surface area contributed by atoms with E-state index in [0.29, 0.717) is 16.8 Å². The highest BCUT2D eigenvalue weighted by Gasteiger charge is 2.14. The normalized spacial score (nSPS) is 10.6. The van der Waals surface area contributed by atoms with Gasteiger partial charge in [-0.3, -0.25) is 4.79 Å². The minimum Gasteiger partial charge on any atom is -0.508 e. The Bertz CT molecular complexity index is 905. The largest absolute Gasteiger partial charge is 0.508 e. The lowest BCUT2D eigenvalue weighted by Gasteiger charge is -2.10. The van der Waals surface area contributed by atoms with Gasteiger partial charge in [0.15, 0.2) is 6.61 Å². The molecule has 3 N–H and O–H groups in total. The fraction of sp³-hybridized carbons (Fsp3) is 0.222. The molecule has 140 valence electrons. The summed E-state index contributed by atoms with van der Waals surface area (Å²) in [7, 11) is 1.51. The average Bonchev–Trinajstić information content (AvgIpc) is 2.62. The lowest BCUT2D eigenvalue weighted by molar-refractivity contribution is -0.123. The Morgan fingerprint density at radius 3 is 2.85 bits per heavy atom. The van der Waals surface area contributed by atoms with Crippen LogP contribution < -0.4 is 10.2 Å². The van der Waals surface area contributed by atoms with Gasteiger partial charge in [-0.2, -0.15) is 10.4 Å². The van der Waals surface area contributed by atoms with E-state index in [1.54, 1.807) is 13.0 Å². The minimum atomic E-state index is -0.579. The summed E-state index contributed by atoms with van der Waals surface area (Å²) >= 11 is 0. The Morgan fingerprint density at radius 1 is 1.41 bits per heavy atom. The standard InChI is InChI=1S/C18H18N4O5/c1-11-5-13(9-26-2)15(7-19)18(21-11)27-10-17(25)22-20-8-12-3-4-14(23)6-16(12)24/h3-6,8,23-24H,9-10H2,1-2H3,(H,22,25)/b20-8-. The van der Waals surface area contributed by atoms with Gasteiger partial charge < -0.3 is 19.7 Å². The van der Waals surface area contributed by atoms with Crippen LogP contribution in [0.1, 0.15) is 22.4 Å². The molecule has 0 bridgehead atoms. The molecule has 0 aliphatic carbocycles. The Hall–Kier alpha value is -3.64. The number of methoxy groups -OCH3 is 1. The van der Waals surface area contributed by atoms with E-state index < -0.39 is 12.5 Å². The van der Waals surface area contributed by atoms with Gasteiger partial charge in [-0.1, -0.05) is 0 Å². The van der Waals surface area contributed by atoms with Gasteiger partial charge in [0.2, 0.25) is 5.88 Å². The van der Waals surface area contributed by atoms with Crippen LogP contribution in [0, 0.1) is 18.3 Å². The van der Waals surface area contributed by atoms with Crippen LogP contribution in [0.15, 0.2) is 29.4 Å². The number of carbonyl (C=O) groups is 1. The maximum Gasteiger partial charge on any atom is 0.278 e. The fourth-order valence-electron chi connectivity index (χ4n) is 2.18. The number of hydrogen-bond acceptors (Lipinski definition) is 8. The molecule has 1 aromatic heterocycles. The van der Waals surface area contributed by atoms with E-state index in [4.69, 9.17) is 9.47 Å². The zero-order valence-electron chi connectivity index (χ0n) is 14.8. The molecule has 0 fully saturated rings. The first kappa shape index (κ1) is 19.7. The van der Waals surface area contributed by atoms with Gasteiger partial charge in [-0.25, -0.2) is 10.4 Å². The summed E-state index contributed by atoms with van der Waals surface area (Å²) in [6.07, 6.45) is 1.22. The second-order valence-electron chi connectivity index (χ2n) is 5.47. The van der Waals surface area contributed by atoms with Crippen molar-refractivity contribution in [1.82, 2.24) is 10.4 Å². The number of amides is 1. The Balaban J connectivity index is 1.99. The van der Waals surface area contributed by atoms with Gasteiger partial charge in [0.1, 0.15) is 23.1 Å². The van der Waals surface area contributed by atoms with E-state index >= 15 is 0 Å². The van der Waals surface area contributed by atoms with E-state index in [-0.39, 0.29) is 29.5 Å². The number of aromatic nitrogens is 1. The topological polar surface area (TPSA) is 137 Å². The van der Waals surface area contributed by atoms with Crippen LogP contribution in [0.2, 0.25) is 0 Å². The highest BCUT2D eigenvalue weighted by atomic mass is 16.5. The smallest absolute Gasteiger partial charge is 0.278 e. The molecule has 2 rings (SSSR count). The number of nitrogens with zero attached hydrogens (tertiary/aromatic N) is 3. The van der Waals surface area contributed by atoms with Crippen LogP contribution in [-0.2, 0) is 16.1 Å². The van der Waals surface area contributed by atoms with Crippen LogP contribution in [0.25, 0.3) is 0 Å². The number of carbonyl (C=O) groups excluding carboxylic acids is 1. The molecule has 0 unspecified atom stereocenters. The van der Waals surface area contributed by atoms with Crippen molar-refractivity contribution < 1.29 is 24.5 Å². The van der Waals surface area contributed by atoms with Crippen LogP contribution in [0.3, 0.4) is 0 Å². The molecule has 1 aromatic carbocycles. The predicted octanol–water partition coefficient (Wildman–Crippen LogP) is 1.35. The summed E-state index contributed by atoms with van der Waals surface area (Å²) in [4.78, 5) is 16.0. The fourth-order valence-corrected chi connectivity index (χ4v) is 2.18. The molecule has 9 heteroatoms. The third kappa shape index (κ3) is 5.42. The Kier molecular flexibility index (Phi) is 6.68. The summed E-state index contributed by atoms with van der Waals surface area (Å²) in [6, 6.07) is 7.67. The third-order valence-corrected chi connectivity index (χ3v) is 3.35. The Labute approximate surface area is 155 Å². The molecule has 0 saturated carbocycles. The van der Waals surface area contributed by atoms with Crippen LogP contribution >= 0.6 is 0 Å². The number of hydrazone groups is 1. The molecule has 0 atom stereocenters. The number of phenolic OH excluding ortho intramolecular Hbond substituents is 2. The minimum absolute atomic E-state index is 0.0415. The van der Waals surface area contributed by atoms with Gasteiger partial charge in [0, 0.05) is 30.0 Å². The van der Waals surface area contributed by atoms with Crippen molar-refractivity contribution in [2.45, 2.75) is 13.5 Å². The second kappa shape index (κ2) is 9.17. The van der Waals surface area contributed by atoms with Crippen molar-refractivity contribution in [2.24, 2.45) is 5.10 Å². The molecule has 0 radical (unpaired) electrons. The van der Waals surface area contributed by atoms with E-state index in [9.17, 15) is 20.3 Å². The zero-order valence-corrected chi connectivity index (χ0v) is 14.8. The Morgan fingerprint density at radius 2 is 2.19 bits per heavy atom. The molecule has 0 saturated heterocycles. The summed E-state index contributed by atoms with van der Waals surface area (Å²) in [6.45, 7) is 1.55. The van der Waals surface area contributed by atoms with Crippen LogP contribution in [0.5, 0.6) is 17.4 Å². The number of aromatic hydroxyl groups is 2. The molecule has 0 aliphatic heterocycles. The molecule has 2 aromatic rings. The molecule has 1 heterocycles. The summed E-state index contributed by atoms with van der Waals surface area (Å²) < 4.78 is 10.4. The first-order valence-corrected chi connectivity index (χ1v) is 7.80. The number of rotatable bonds is 7. The van der Waals surface area contributed by atoms with Crippen molar-refractivity contribution in [3.05, 3.63) is 46.6 Å². The van der Waals surface area contributed by atoms with E-state index in [0.717, 1.165) is 6.07 Å². The quantitative estimate of drug-likeness (QED) is 0.494. The number of ether oxygens (including phenoxy) is 2. The first-order valence-electron chi connectivity index (χ1n) is 7.80. The van der Waals surface area contributed by atoms with E-state index in [1.165, 1.54) is 25.5 Å². The number of pyridine rings is 1. The number of hydrogen-bond donors (Lipinski definition) is 3. The summed E-state index contributed by atoms with van der Waals surface area (Å²) in [5, 5.41) is 31.8. The van der Waals surface area contributed by atoms with Gasteiger partial charge >= 0.3 is 0 Å². The van der Waals surface area contributed by atoms with Gasteiger partial charge in [-0.15, -0.1) is 0 Å². The molecule has 0 spiro atoms.